The standard InChI is InChI=1S/C10H15NO4/c1-8(15-7-10(13)14-2)6-11-5-3-4-9(11)12/h6H,3-5,7H2,1-2H3/b8-6+. The molecule has 0 bridgehead atoms. The molecule has 0 aromatic carbocycles. The zero-order valence-corrected chi connectivity index (χ0v) is 8.99. The van der Waals surface area contributed by atoms with Crippen LogP contribution in [0.1, 0.15) is 19.8 Å². The average Bonchev–Trinajstić information content (AvgIpc) is 2.61. The molecule has 0 unspecified atom stereocenters. The van der Waals surface area contributed by atoms with Gasteiger partial charge in [0.1, 0.15) is 5.76 Å². The molecule has 0 saturated carbocycles. The number of carbonyl (C=O) groups is 2. The van der Waals surface area contributed by atoms with E-state index in [1.165, 1.54) is 7.11 Å². The quantitative estimate of drug-likeness (QED) is 0.508. The number of allylic oxidation sites excluding steroid dienone is 1. The fourth-order valence-corrected chi connectivity index (χ4v) is 1.29. The molecule has 0 N–H and O–H groups in total. The minimum absolute atomic E-state index is 0.0935. The Morgan fingerprint density at radius 2 is 2.33 bits per heavy atom. The zero-order chi connectivity index (χ0) is 11.3. The Labute approximate surface area is 88.6 Å². The highest BCUT2D eigenvalue weighted by Crippen LogP contribution is 2.11. The summed E-state index contributed by atoms with van der Waals surface area (Å²) in [5.74, 6) is 0.196. The van der Waals surface area contributed by atoms with Gasteiger partial charge in [0.15, 0.2) is 6.61 Å². The molecule has 0 atom stereocenters. The highest BCUT2D eigenvalue weighted by atomic mass is 16.6. The van der Waals surface area contributed by atoms with Crippen LogP contribution < -0.4 is 0 Å². The number of hydrogen-bond acceptors (Lipinski definition) is 4. The molecule has 84 valence electrons. The molecule has 1 amide bonds. The van der Waals surface area contributed by atoms with Gasteiger partial charge >= 0.3 is 5.97 Å². The topological polar surface area (TPSA) is 55.8 Å². The second-order valence-corrected chi connectivity index (χ2v) is 3.30. The van der Waals surface area contributed by atoms with Gasteiger partial charge < -0.3 is 14.4 Å². The third kappa shape index (κ3) is 3.61. The van der Waals surface area contributed by atoms with Crippen LogP contribution in [-0.4, -0.2) is 37.0 Å². The van der Waals surface area contributed by atoms with Crippen LogP contribution in [0.3, 0.4) is 0 Å². The van der Waals surface area contributed by atoms with Gasteiger partial charge in [0, 0.05) is 19.2 Å². The molecule has 1 heterocycles. The van der Waals surface area contributed by atoms with Gasteiger partial charge in [-0.05, 0) is 13.3 Å². The van der Waals surface area contributed by atoms with Gasteiger partial charge in [-0.1, -0.05) is 0 Å². The van der Waals surface area contributed by atoms with E-state index in [0.29, 0.717) is 12.2 Å². The van der Waals surface area contributed by atoms with Crippen molar-refractivity contribution in [1.82, 2.24) is 4.90 Å². The van der Waals surface area contributed by atoms with Crippen molar-refractivity contribution >= 4 is 11.9 Å². The van der Waals surface area contributed by atoms with Crippen molar-refractivity contribution in [1.29, 1.82) is 0 Å². The Hall–Kier alpha value is -1.52. The summed E-state index contributed by atoms with van der Waals surface area (Å²) in [6.07, 6.45) is 3.08. The average molecular weight is 213 g/mol. The van der Waals surface area contributed by atoms with Crippen molar-refractivity contribution in [3.05, 3.63) is 12.0 Å². The third-order valence-electron chi connectivity index (χ3n) is 2.09. The first-order valence-corrected chi connectivity index (χ1v) is 4.81. The number of amides is 1. The monoisotopic (exact) mass is 213 g/mol. The molecular formula is C10H15NO4. The molecule has 1 saturated heterocycles. The van der Waals surface area contributed by atoms with E-state index in [1.807, 2.05) is 0 Å². The number of esters is 1. The van der Waals surface area contributed by atoms with Crippen LogP contribution in [0.25, 0.3) is 0 Å². The molecule has 0 spiro atoms. The number of carbonyl (C=O) groups excluding carboxylic acids is 2. The minimum atomic E-state index is -0.435. The van der Waals surface area contributed by atoms with Gasteiger partial charge in [-0.25, -0.2) is 4.79 Å². The lowest BCUT2D eigenvalue weighted by Gasteiger charge is -2.11. The van der Waals surface area contributed by atoms with Crippen LogP contribution in [-0.2, 0) is 19.1 Å². The van der Waals surface area contributed by atoms with E-state index in [1.54, 1.807) is 18.0 Å². The second-order valence-electron chi connectivity index (χ2n) is 3.30. The first kappa shape index (κ1) is 11.6. The lowest BCUT2D eigenvalue weighted by atomic mass is 10.4. The predicted octanol–water partition coefficient (Wildman–Crippen LogP) is 0.660. The smallest absolute Gasteiger partial charge is 0.343 e. The maximum absolute atomic E-state index is 11.2. The van der Waals surface area contributed by atoms with Gasteiger partial charge in [-0.3, -0.25) is 4.79 Å². The van der Waals surface area contributed by atoms with Crippen molar-refractivity contribution in [2.45, 2.75) is 19.8 Å². The number of hydrogen-bond donors (Lipinski definition) is 0. The lowest BCUT2D eigenvalue weighted by Crippen LogP contribution is -2.19. The van der Waals surface area contributed by atoms with Crippen LogP contribution in [0.2, 0.25) is 0 Å². The molecule has 1 aliphatic rings. The van der Waals surface area contributed by atoms with Gasteiger partial charge in [0.05, 0.1) is 7.11 Å². The van der Waals surface area contributed by atoms with E-state index in [9.17, 15) is 9.59 Å². The van der Waals surface area contributed by atoms with E-state index >= 15 is 0 Å². The maximum Gasteiger partial charge on any atom is 0.343 e. The number of nitrogens with zero attached hydrogens (tertiary/aromatic N) is 1. The molecule has 0 aliphatic carbocycles. The van der Waals surface area contributed by atoms with Crippen molar-refractivity contribution in [2.24, 2.45) is 0 Å². The Morgan fingerprint density at radius 1 is 1.60 bits per heavy atom. The zero-order valence-electron chi connectivity index (χ0n) is 8.99. The van der Waals surface area contributed by atoms with Gasteiger partial charge in [0.25, 0.3) is 0 Å². The van der Waals surface area contributed by atoms with Gasteiger partial charge in [-0.15, -0.1) is 0 Å². The molecule has 5 heteroatoms. The molecule has 5 nitrogen and oxygen atoms in total. The van der Waals surface area contributed by atoms with Gasteiger partial charge in [0.2, 0.25) is 5.91 Å². The fourth-order valence-electron chi connectivity index (χ4n) is 1.29. The number of likely N-dealkylation sites (tertiary alicyclic amines) is 1. The Kier molecular flexibility index (Phi) is 4.15. The highest BCUT2D eigenvalue weighted by Gasteiger charge is 2.18. The van der Waals surface area contributed by atoms with E-state index in [4.69, 9.17) is 4.74 Å². The van der Waals surface area contributed by atoms with Crippen molar-refractivity contribution in [3.63, 3.8) is 0 Å². The predicted molar refractivity (Wildman–Crippen MR) is 52.7 cm³/mol. The van der Waals surface area contributed by atoms with E-state index < -0.39 is 5.97 Å². The van der Waals surface area contributed by atoms with Crippen LogP contribution in [0, 0.1) is 0 Å². The molecular weight excluding hydrogens is 198 g/mol. The summed E-state index contributed by atoms with van der Waals surface area (Å²) < 4.78 is 9.52. The summed E-state index contributed by atoms with van der Waals surface area (Å²) in [5, 5.41) is 0. The largest absolute Gasteiger partial charge is 0.485 e. The number of ether oxygens (including phenoxy) is 2. The lowest BCUT2D eigenvalue weighted by molar-refractivity contribution is -0.144. The maximum atomic E-state index is 11.2. The molecule has 0 radical (unpaired) electrons. The molecule has 1 aliphatic heterocycles. The molecule has 0 aromatic rings. The molecule has 1 rings (SSSR count). The molecule has 0 aromatic heterocycles. The fraction of sp³-hybridized carbons (Fsp3) is 0.600. The van der Waals surface area contributed by atoms with E-state index in [0.717, 1.165) is 13.0 Å². The summed E-state index contributed by atoms with van der Waals surface area (Å²) >= 11 is 0. The Morgan fingerprint density at radius 3 is 2.87 bits per heavy atom. The summed E-state index contributed by atoms with van der Waals surface area (Å²) in [7, 11) is 1.30. The summed E-state index contributed by atoms with van der Waals surface area (Å²) in [5.41, 5.74) is 0. The van der Waals surface area contributed by atoms with Crippen molar-refractivity contribution < 1.29 is 19.1 Å². The second kappa shape index (κ2) is 5.38. The molecule has 15 heavy (non-hydrogen) atoms. The third-order valence-corrected chi connectivity index (χ3v) is 2.09. The van der Waals surface area contributed by atoms with Gasteiger partial charge in [-0.2, -0.15) is 0 Å². The summed E-state index contributed by atoms with van der Waals surface area (Å²) in [6.45, 7) is 2.30. The highest BCUT2D eigenvalue weighted by molar-refractivity contribution is 5.79. The SMILES string of the molecule is COC(=O)CO/C(C)=C/N1CCCC1=O. The summed E-state index contributed by atoms with van der Waals surface area (Å²) in [4.78, 5) is 23.6. The first-order valence-electron chi connectivity index (χ1n) is 4.81. The number of rotatable bonds is 4. The van der Waals surface area contributed by atoms with Crippen LogP contribution >= 0.6 is 0 Å². The normalized spacial score (nSPS) is 16.8. The van der Waals surface area contributed by atoms with Crippen molar-refractivity contribution in [2.75, 3.05) is 20.3 Å². The summed E-state index contributed by atoms with van der Waals surface area (Å²) in [6, 6.07) is 0. The first-order chi connectivity index (χ1) is 7.13. The van der Waals surface area contributed by atoms with Crippen LogP contribution in [0.5, 0.6) is 0 Å². The van der Waals surface area contributed by atoms with Crippen LogP contribution in [0.15, 0.2) is 12.0 Å². The Balaban J connectivity index is 2.38. The Bertz CT molecular complexity index is 285. The molecule has 1 fully saturated rings. The van der Waals surface area contributed by atoms with Crippen molar-refractivity contribution in [3.8, 4) is 0 Å². The minimum Gasteiger partial charge on any atom is -0.485 e. The van der Waals surface area contributed by atoms with Crippen LogP contribution in [0.4, 0.5) is 0 Å². The number of methoxy groups -OCH3 is 1. The van der Waals surface area contributed by atoms with E-state index in [2.05, 4.69) is 4.74 Å². The van der Waals surface area contributed by atoms with E-state index in [-0.39, 0.29) is 12.5 Å².